The van der Waals surface area contributed by atoms with Crippen LogP contribution < -0.4 is 0 Å². The first-order valence-electron chi connectivity index (χ1n) is 9.02. The summed E-state index contributed by atoms with van der Waals surface area (Å²) in [6, 6.07) is 5.06. The summed E-state index contributed by atoms with van der Waals surface area (Å²) in [4.78, 5) is 18.2. The average molecular weight is 381 g/mol. The molecule has 0 saturated carbocycles. The number of nitrogens with zero attached hydrogens (tertiary/aromatic N) is 5. The van der Waals surface area contributed by atoms with Gasteiger partial charge in [0, 0.05) is 43.0 Å². The predicted molar refractivity (Wildman–Crippen MR) is 105 cm³/mol. The highest BCUT2D eigenvalue weighted by Crippen LogP contribution is 2.22. The largest absolute Gasteiger partial charge is 0.337 e. The van der Waals surface area contributed by atoms with Crippen molar-refractivity contribution in [1.82, 2.24) is 24.5 Å². The summed E-state index contributed by atoms with van der Waals surface area (Å²) in [6.45, 7) is 2.10. The second kappa shape index (κ2) is 7.52. The van der Waals surface area contributed by atoms with Crippen LogP contribution in [0.15, 0.2) is 36.0 Å². The van der Waals surface area contributed by atoms with E-state index < -0.39 is 0 Å². The minimum atomic E-state index is -0.295. The Kier molecular flexibility index (Phi) is 4.94. The number of rotatable bonds is 6. The smallest absolute Gasteiger partial charge is 0.149 e. The van der Waals surface area contributed by atoms with Gasteiger partial charge in [0.2, 0.25) is 0 Å². The molecule has 0 aliphatic carbocycles. The lowest BCUT2D eigenvalue weighted by molar-refractivity contribution is 0.634. The molecule has 0 radical (unpaired) electrons. The normalized spacial score (nSPS) is 11.4. The van der Waals surface area contributed by atoms with Crippen molar-refractivity contribution < 1.29 is 4.39 Å². The Hall–Kier alpha value is -2.67. The van der Waals surface area contributed by atoms with Gasteiger partial charge in [-0.05, 0) is 12.5 Å². The summed E-state index contributed by atoms with van der Waals surface area (Å²) in [5, 5.41) is 3.66. The number of benzene rings is 1. The van der Waals surface area contributed by atoms with Crippen molar-refractivity contribution in [3.63, 3.8) is 0 Å². The molecule has 0 saturated heterocycles. The molecule has 5 nitrogen and oxygen atoms in total. The summed E-state index contributed by atoms with van der Waals surface area (Å²) in [5.74, 6) is 1.31. The van der Waals surface area contributed by atoms with Crippen molar-refractivity contribution in [3.05, 3.63) is 59.1 Å². The summed E-state index contributed by atoms with van der Waals surface area (Å²) in [5.41, 5.74) is 2.20. The van der Waals surface area contributed by atoms with Gasteiger partial charge in [-0.1, -0.05) is 25.5 Å². The number of para-hydroxylation sites is 1. The number of fused-ring (bicyclic) bond motifs is 1. The zero-order valence-electron chi connectivity index (χ0n) is 15.3. The van der Waals surface area contributed by atoms with Crippen LogP contribution in [0.2, 0.25) is 0 Å². The molecule has 0 spiro atoms. The minimum Gasteiger partial charge on any atom is -0.337 e. The molecule has 0 aliphatic rings. The van der Waals surface area contributed by atoms with E-state index >= 15 is 0 Å². The number of aromatic nitrogens is 5. The second-order valence-electron chi connectivity index (χ2n) is 6.46. The van der Waals surface area contributed by atoms with Gasteiger partial charge in [-0.25, -0.2) is 24.3 Å². The van der Waals surface area contributed by atoms with Gasteiger partial charge in [0.05, 0.1) is 5.69 Å². The SMILES string of the molecule is CCCc1nc(CCc2nc(-c3nccs3)cn2C)nc2c(F)cccc12. The molecule has 0 bridgehead atoms. The standard InChI is InChI=1S/C20H20FN5S/c1-3-5-15-13-6-4-7-14(21)19(13)25-17(23-15)8-9-18-24-16(12-26(18)2)20-22-10-11-27-20/h4,6-7,10-12H,3,5,8-9H2,1-2H3. The van der Waals surface area contributed by atoms with Crippen molar-refractivity contribution in [1.29, 1.82) is 0 Å². The van der Waals surface area contributed by atoms with Crippen molar-refractivity contribution >= 4 is 22.2 Å². The van der Waals surface area contributed by atoms with E-state index in [1.165, 1.54) is 6.07 Å². The highest BCUT2D eigenvalue weighted by atomic mass is 32.1. The highest BCUT2D eigenvalue weighted by molar-refractivity contribution is 7.13. The number of hydrogen-bond donors (Lipinski definition) is 0. The lowest BCUT2D eigenvalue weighted by Gasteiger charge is -2.09. The molecule has 4 rings (SSSR count). The van der Waals surface area contributed by atoms with Crippen LogP contribution in [0, 0.1) is 5.82 Å². The van der Waals surface area contributed by atoms with E-state index in [0.29, 0.717) is 24.2 Å². The molecule has 3 aromatic heterocycles. The fraction of sp³-hybridized carbons (Fsp3) is 0.300. The first-order valence-corrected chi connectivity index (χ1v) is 9.89. The Morgan fingerprint density at radius 1 is 1.11 bits per heavy atom. The van der Waals surface area contributed by atoms with Gasteiger partial charge in [-0.3, -0.25) is 0 Å². The summed E-state index contributed by atoms with van der Waals surface area (Å²) in [6.07, 6.45) is 6.83. The Labute approximate surface area is 161 Å². The van der Waals surface area contributed by atoms with Gasteiger partial charge >= 0.3 is 0 Å². The van der Waals surface area contributed by atoms with Crippen molar-refractivity contribution in [2.75, 3.05) is 0 Å². The van der Waals surface area contributed by atoms with Crippen LogP contribution in [-0.4, -0.2) is 24.5 Å². The van der Waals surface area contributed by atoms with Gasteiger partial charge in [-0.15, -0.1) is 11.3 Å². The van der Waals surface area contributed by atoms with E-state index in [4.69, 9.17) is 4.98 Å². The molecule has 7 heteroatoms. The number of thiazole rings is 1. The number of aryl methyl sites for hydroxylation is 4. The second-order valence-corrected chi connectivity index (χ2v) is 7.36. The topological polar surface area (TPSA) is 56.5 Å². The first-order chi connectivity index (χ1) is 13.2. The molecule has 0 aliphatic heterocycles. The monoisotopic (exact) mass is 381 g/mol. The van der Waals surface area contributed by atoms with Gasteiger partial charge in [-0.2, -0.15) is 0 Å². The van der Waals surface area contributed by atoms with E-state index in [0.717, 1.165) is 40.4 Å². The van der Waals surface area contributed by atoms with E-state index in [-0.39, 0.29) is 5.82 Å². The van der Waals surface area contributed by atoms with Crippen molar-refractivity contribution in [2.45, 2.75) is 32.6 Å². The average Bonchev–Trinajstić information content (AvgIpc) is 3.31. The summed E-state index contributed by atoms with van der Waals surface area (Å²) >= 11 is 1.57. The number of hydrogen-bond acceptors (Lipinski definition) is 5. The molecule has 3 heterocycles. The Morgan fingerprint density at radius 2 is 2.00 bits per heavy atom. The molecule has 0 fully saturated rings. The maximum atomic E-state index is 14.3. The lowest BCUT2D eigenvalue weighted by atomic mass is 10.1. The molecular weight excluding hydrogens is 361 g/mol. The molecule has 1 aromatic carbocycles. The third-order valence-electron chi connectivity index (χ3n) is 4.49. The molecule has 4 aromatic rings. The van der Waals surface area contributed by atoms with Gasteiger partial charge in [0.25, 0.3) is 0 Å². The van der Waals surface area contributed by atoms with Crippen LogP contribution in [-0.2, 0) is 26.3 Å². The highest BCUT2D eigenvalue weighted by Gasteiger charge is 2.13. The third kappa shape index (κ3) is 3.60. The molecule has 0 N–H and O–H groups in total. The van der Waals surface area contributed by atoms with Crippen molar-refractivity contribution in [2.24, 2.45) is 7.05 Å². The minimum absolute atomic E-state index is 0.295. The lowest BCUT2D eigenvalue weighted by Crippen LogP contribution is -2.06. The fourth-order valence-corrected chi connectivity index (χ4v) is 3.78. The Morgan fingerprint density at radius 3 is 2.78 bits per heavy atom. The van der Waals surface area contributed by atoms with E-state index in [1.54, 1.807) is 23.6 Å². The predicted octanol–water partition coefficient (Wildman–Crippen LogP) is 4.36. The van der Waals surface area contributed by atoms with E-state index in [2.05, 4.69) is 21.9 Å². The van der Waals surface area contributed by atoms with Crippen LogP contribution in [0.25, 0.3) is 21.6 Å². The van der Waals surface area contributed by atoms with Crippen LogP contribution in [0.3, 0.4) is 0 Å². The maximum Gasteiger partial charge on any atom is 0.149 e. The zero-order chi connectivity index (χ0) is 18.8. The van der Waals surface area contributed by atoms with Crippen molar-refractivity contribution in [3.8, 4) is 10.7 Å². The maximum absolute atomic E-state index is 14.3. The zero-order valence-corrected chi connectivity index (χ0v) is 16.1. The van der Waals surface area contributed by atoms with Crippen LogP contribution in [0.4, 0.5) is 4.39 Å². The molecule has 0 amide bonds. The number of imidazole rings is 1. The van der Waals surface area contributed by atoms with Crippen LogP contribution in [0.5, 0.6) is 0 Å². The molecule has 138 valence electrons. The molecule has 0 atom stereocenters. The summed E-state index contributed by atoms with van der Waals surface area (Å²) in [7, 11) is 1.98. The van der Waals surface area contributed by atoms with E-state index in [9.17, 15) is 4.39 Å². The number of halogens is 1. The van der Waals surface area contributed by atoms with Crippen LogP contribution in [0.1, 0.15) is 30.7 Å². The Bertz CT molecular complexity index is 1070. The Balaban J connectivity index is 1.61. The fourth-order valence-electron chi connectivity index (χ4n) is 3.18. The molecule has 27 heavy (non-hydrogen) atoms. The summed E-state index contributed by atoms with van der Waals surface area (Å²) < 4.78 is 16.3. The molecular formula is C20H20FN5S. The first kappa shape index (κ1) is 17.7. The molecule has 0 unspecified atom stereocenters. The quantitative estimate of drug-likeness (QED) is 0.498. The van der Waals surface area contributed by atoms with Crippen LogP contribution >= 0.6 is 11.3 Å². The van der Waals surface area contributed by atoms with Gasteiger partial charge < -0.3 is 4.57 Å². The van der Waals surface area contributed by atoms with E-state index in [1.807, 2.05) is 29.3 Å². The van der Waals surface area contributed by atoms with Gasteiger partial charge in [0.1, 0.15) is 33.7 Å². The third-order valence-corrected chi connectivity index (χ3v) is 5.28. The van der Waals surface area contributed by atoms with Gasteiger partial charge in [0.15, 0.2) is 0 Å².